The zero-order chi connectivity index (χ0) is 18.5. The summed E-state index contributed by atoms with van der Waals surface area (Å²) < 4.78 is 31.2. The summed E-state index contributed by atoms with van der Waals surface area (Å²) in [5.74, 6) is -3.54. The first-order chi connectivity index (χ1) is 11.1. The number of hydrogen-bond acceptors (Lipinski definition) is 4. The molecule has 0 bridgehead atoms. The quantitative estimate of drug-likeness (QED) is 0.579. The van der Waals surface area contributed by atoms with Gasteiger partial charge in [0.1, 0.15) is 0 Å². The van der Waals surface area contributed by atoms with Gasteiger partial charge in [-0.25, -0.2) is 0 Å². The van der Waals surface area contributed by atoms with Crippen molar-refractivity contribution in [1.82, 2.24) is 0 Å². The summed E-state index contributed by atoms with van der Waals surface area (Å²) in [4.78, 5) is 22.1. The van der Waals surface area contributed by atoms with Crippen LogP contribution in [0.5, 0.6) is 0 Å². The van der Waals surface area contributed by atoms with E-state index in [1.54, 1.807) is 13.8 Å². The second-order valence-electron chi connectivity index (χ2n) is 5.90. The van der Waals surface area contributed by atoms with E-state index in [1.165, 1.54) is 24.3 Å². The molecule has 1 rings (SSSR count). The molecular formula is C16H22O7S. The van der Waals surface area contributed by atoms with Crippen LogP contribution in [0.2, 0.25) is 0 Å². The van der Waals surface area contributed by atoms with Crippen LogP contribution in [-0.2, 0) is 19.7 Å². The summed E-state index contributed by atoms with van der Waals surface area (Å²) in [5.41, 5.74) is 0.648. The first kappa shape index (κ1) is 20.1. The summed E-state index contributed by atoms with van der Waals surface area (Å²) in [6.07, 6.45) is 0.912. The average molecular weight is 358 g/mol. The van der Waals surface area contributed by atoms with Crippen molar-refractivity contribution in [3.05, 3.63) is 29.8 Å². The number of aliphatic carboxylic acids is 2. The van der Waals surface area contributed by atoms with Crippen molar-refractivity contribution in [2.75, 3.05) is 0 Å². The van der Waals surface area contributed by atoms with E-state index in [2.05, 4.69) is 0 Å². The molecule has 1 aromatic carbocycles. The largest absolute Gasteiger partial charge is 0.481 e. The third-order valence-electron chi connectivity index (χ3n) is 4.12. The highest BCUT2D eigenvalue weighted by atomic mass is 32.2. The standard InChI is InChI=1S/C16H22O7S/c1-3-11(16(19)20)9-13(8-10(2)15(17)18)12-4-6-14(7-5-12)24(21,22)23/h4-7,10-11,13H,3,8-9H2,1-2H3,(H,17,18)(H,19,20)(H,21,22,23). The van der Waals surface area contributed by atoms with Gasteiger partial charge in [0.15, 0.2) is 0 Å². The summed E-state index contributed by atoms with van der Waals surface area (Å²) in [6, 6.07) is 5.42. The van der Waals surface area contributed by atoms with Gasteiger partial charge in [-0.2, -0.15) is 8.42 Å². The lowest BCUT2D eigenvalue weighted by Gasteiger charge is -2.23. The maximum absolute atomic E-state index is 11.3. The van der Waals surface area contributed by atoms with Crippen LogP contribution >= 0.6 is 0 Å². The highest BCUT2D eigenvalue weighted by Crippen LogP contribution is 2.32. The number of carboxylic acid groups (broad SMARTS) is 2. The van der Waals surface area contributed by atoms with Crippen LogP contribution in [0.15, 0.2) is 29.2 Å². The van der Waals surface area contributed by atoms with Gasteiger partial charge in [-0.05, 0) is 42.9 Å². The number of hydrogen-bond donors (Lipinski definition) is 3. The minimum atomic E-state index is -4.31. The molecule has 24 heavy (non-hydrogen) atoms. The Balaban J connectivity index is 3.11. The lowest BCUT2D eigenvalue weighted by atomic mass is 9.82. The van der Waals surface area contributed by atoms with E-state index in [-0.39, 0.29) is 23.7 Å². The Hall–Kier alpha value is -1.93. The average Bonchev–Trinajstić information content (AvgIpc) is 2.49. The Labute approximate surface area is 141 Å². The van der Waals surface area contributed by atoms with E-state index in [0.717, 1.165) is 0 Å². The monoisotopic (exact) mass is 358 g/mol. The van der Waals surface area contributed by atoms with Crippen molar-refractivity contribution in [3.8, 4) is 0 Å². The summed E-state index contributed by atoms with van der Waals surface area (Å²) in [5, 5.41) is 18.3. The molecule has 0 aliphatic heterocycles. The highest BCUT2D eigenvalue weighted by Gasteiger charge is 2.26. The lowest BCUT2D eigenvalue weighted by molar-refractivity contribution is -0.142. The second-order valence-corrected chi connectivity index (χ2v) is 7.32. The van der Waals surface area contributed by atoms with Crippen LogP contribution in [0.25, 0.3) is 0 Å². The fourth-order valence-corrected chi connectivity index (χ4v) is 3.07. The molecule has 0 aliphatic rings. The molecule has 0 fully saturated rings. The number of carboxylic acids is 2. The molecule has 0 radical (unpaired) electrons. The van der Waals surface area contributed by atoms with Crippen LogP contribution in [0.3, 0.4) is 0 Å². The van der Waals surface area contributed by atoms with E-state index < -0.39 is 33.9 Å². The lowest BCUT2D eigenvalue weighted by Crippen LogP contribution is -2.20. The predicted octanol–water partition coefficient (Wildman–Crippen LogP) is 2.63. The third-order valence-corrected chi connectivity index (χ3v) is 4.99. The Bertz CT molecular complexity index is 679. The molecule has 0 spiro atoms. The van der Waals surface area contributed by atoms with Crippen molar-refractivity contribution in [1.29, 1.82) is 0 Å². The third kappa shape index (κ3) is 5.61. The molecule has 0 saturated carbocycles. The predicted molar refractivity (Wildman–Crippen MR) is 86.4 cm³/mol. The molecular weight excluding hydrogens is 336 g/mol. The summed E-state index contributed by atoms with van der Waals surface area (Å²) in [7, 11) is -4.31. The number of benzene rings is 1. The topological polar surface area (TPSA) is 129 Å². The minimum Gasteiger partial charge on any atom is -0.481 e. The van der Waals surface area contributed by atoms with Gasteiger partial charge in [-0.1, -0.05) is 26.0 Å². The van der Waals surface area contributed by atoms with Gasteiger partial charge in [0.05, 0.1) is 16.7 Å². The van der Waals surface area contributed by atoms with E-state index in [9.17, 15) is 23.1 Å². The van der Waals surface area contributed by atoms with Crippen molar-refractivity contribution >= 4 is 22.1 Å². The molecule has 0 heterocycles. The molecule has 8 heteroatoms. The molecule has 3 unspecified atom stereocenters. The molecule has 7 nitrogen and oxygen atoms in total. The van der Waals surface area contributed by atoms with Crippen LogP contribution in [-0.4, -0.2) is 35.1 Å². The Morgan fingerprint density at radius 1 is 1.04 bits per heavy atom. The molecule has 134 valence electrons. The van der Waals surface area contributed by atoms with Gasteiger partial charge < -0.3 is 10.2 Å². The van der Waals surface area contributed by atoms with Crippen molar-refractivity contribution < 1.29 is 32.8 Å². The first-order valence-electron chi connectivity index (χ1n) is 7.59. The summed E-state index contributed by atoms with van der Waals surface area (Å²) >= 11 is 0. The minimum absolute atomic E-state index is 0.240. The normalized spacial score (nSPS) is 15.5. The molecule has 3 N–H and O–H groups in total. The maximum atomic E-state index is 11.3. The SMILES string of the molecule is CCC(CC(CC(C)C(=O)O)c1ccc(S(=O)(=O)O)cc1)C(=O)O. The van der Waals surface area contributed by atoms with E-state index in [1.807, 2.05) is 0 Å². The van der Waals surface area contributed by atoms with Crippen molar-refractivity contribution in [3.63, 3.8) is 0 Å². The Morgan fingerprint density at radius 3 is 1.96 bits per heavy atom. The first-order valence-corrected chi connectivity index (χ1v) is 9.03. The van der Waals surface area contributed by atoms with E-state index in [0.29, 0.717) is 12.0 Å². The fourth-order valence-electron chi connectivity index (χ4n) is 2.59. The van der Waals surface area contributed by atoms with Crippen LogP contribution in [0.1, 0.15) is 44.6 Å². The zero-order valence-corrected chi connectivity index (χ0v) is 14.4. The smallest absolute Gasteiger partial charge is 0.306 e. The highest BCUT2D eigenvalue weighted by molar-refractivity contribution is 7.85. The van der Waals surface area contributed by atoms with Crippen LogP contribution < -0.4 is 0 Å². The van der Waals surface area contributed by atoms with Crippen LogP contribution in [0.4, 0.5) is 0 Å². The van der Waals surface area contributed by atoms with E-state index in [4.69, 9.17) is 9.66 Å². The molecule has 0 saturated heterocycles. The van der Waals surface area contributed by atoms with Gasteiger partial charge in [0.2, 0.25) is 0 Å². The molecule has 1 aromatic rings. The van der Waals surface area contributed by atoms with E-state index >= 15 is 0 Å². The van der Waals surface area contributed by atoms with Gasteiger partial charge in [-0.3, -0.25) is 14.1 Å². The number of carbonyl (C=O) groups is 2. The van der Waals surface area contributed by atoms with Gasteiger partial charge in [0.25, 0.3) is 10.1 Å². The summed E-state index contributed by atoms with van der Waals surface area (Å²) in [6.45, 7) is 3.29. The van der Waals surface area contributed by atoms with Crippen molar-refractivity contribution in [2.24, 2.45) is 11.8 Å². The fraction of sp³-hybridized carbons (Fsp3) is 0.500. The molecule has 0 aromatic heterocycles. The maximum Gasteiger partial charge on any atom is 0.306 e. The molecule has 0 amide bonds. The van der Waals surface area contributed by atoms with Gasteiger partial charge in [-0.15, -0.1) is 0 Å². The molecule has 0 aliphatic carbocycles. The number of rotatable bonds is 9. The van der Waals surface area contributed by atoms with Crippen LogP contribution in [0, 0.1) is 11.8 Å². The van der Waals surface area contributed by atoms with Gasteiger partial charge >= 0.3 is 11.9 Å². The zero-order valence-electron chi connectivity index (χ0n) is 13.5. The Kier molecular flexibility index (Phi) is 6.92. The Morgan fingerprint density at radius 2 is 1.58 bits per heavy atom. The second kappa shape index (κ2) is 8.25. The molecule has 3 atom stereocenters. The van der Waals surface area contributed by atoms with Crippen molar-refractivity contribution in [2.45, 2.75) is 43.9 Å². The van der Waals surface area contributed by atoms with Gasteiger partial charge in [0, 0.05) is 0 Å².